The van der Waals surface area contributed by atoms with Gasteiger partial charge in [-0.3, -0.25) is 4.79 Å². The first-order valence-electron chi connectivity index (χ1n) is 10.8. The highest BCUT2D eigenvalue weighted by molar-refractivity contribution is 6.04. The third kappa shape index (κ3) is 5.71. The molecule has 1 fully saturated rings. The van der Waals surface area contributed by atoms with E-state index in [1.165, 1.54) is 37.9 Å². The Morgan fingerprint density at radius 1 is 0.800 bits per heavy atom. The van der Waals surface area contributed by atoms with Crippen LogP contribution in [0.5, 0.6) is 5.75 Å². The van der Waals surface area contributed by atoms with Crippen molar-refractivity contribution >= 4 is 11.6 Å². The number of anilines is 1. The molecule has 0 unspecified atom stereocenters. The predicted octanol–water partition coefficient (Wildman–Crippen LogP) is 4.09. The van der Waals surface area contributed by atoms with E-state index in [1.807, 2.05) is 54.6 Å². The van der Waals surface area contributed by atoms with E-state index in [9.17, 15) is 4.79 Å². The Morgan fingerprint density at radius 3 is 2.20 bits per heavy atom. The lowest BCUT2D eigenvalue weighted by Crippen LogP contribution is -3.11. The second-order valence-electron chi connectivity index (χ2n) is 7.94. The number of rotatable bonds is 7. The summed E-state index contributed by atoms with van der Waals surface area (Å²) in [4.78, 5) is 14.2. The molecule has 154 valence electrons. The maximum Gasteiger partial charge on any atom is 0.255 e. The zero-order valence-electron chi connectivity index (χ0n) is 17.3. The topological polar surface area (TPSA) is 42.8 Å². The molecule has 4 nitrogen and oxygen atoms in total. The summed E-state index contributed by atoms with van der Waals surface area (Å²) in [6.07, 6.45) is 4.04. The Bertz CT molecular complexity index is 931. The molecule has 1 aliphatic heterocycles. The third-order valence-corrected chi connectivity index (χ3v) is 5.59. The van der Waals surface area contributed by atoms with E-state index >= 15 is 0 Å². The molecule has 3 aromatic rings. The maximum absolute atomic E-state index is 12.6. The number of carbonyl (C=O) groups is 1. The van der Waals surface area contributed by atoms with Gasteiger partial charge in [-0.05, 0) is 61.2 Å². The van der Waals surface area contributed by atoms with E-state index in [1.54, 1.807) is 17.0 Å². The lowest BCUT2D eigenvalue weighted by Gasteiger charge is -2.23. The van der Waals surface area contributed by atoms with Gasteiger partial charge in [-0.2, -0.15) is 0 Å². The predicted molar refractivity (Wildman–Crippen MR) is 120 cm³/mol. The summed E-state index contributed by atoms with van der Waals surface area (Å²) in [6, 6.07) is 25.5. The number of nitrogens with one attached hydrogen (secondary N) is 2. The average Bonchev–Trinajstić information content (AvgIpc) is 2.81. The van der Waals surface area contributed by atoms with Gasteiger partial charge < -0.3 is 15.0 Å². The summed E-state index contributed by atoms with van der Waals surface area (Å²) in [5, 5.41) is 2.98. The molecule has 0 saturated carbocycles. The van der Waals surface area contributed by atoms with Gasteiger partial charge in [0.25, 0.3) is 5.91 Å². The van der Waals surface area contributed by atoms with Crippen LogP contribution in [0.25, 0.3) is 0 Å². The van der Waals surface area contributed by atoms with Crippen molar-refractivity contribution in [3.8, 4) is 5.75 Å². The van der Waals surface area contributed by atoms with Crippen molar-refractivity contribution in [2.75, 3.05) is 18.4 Å². The molecule has 2 N–H and O–H groups in total. The summed E-state index contributed by atoms with van der Waals surface area (Å²) >= 11 is 0. The molecule has 1 heterocycles. The first-order valence-corrected chi connectivity index (χ1v) is 10.8. The standard InChI is InChI=1S/C26H28N2O2/c29-26(23-11-15-25(16-12-23)30-20-22-7-3-1-4-8-22)27-24-13-9-21(10-14-24)19-28-17-5-2-6-18-28/h1,3-4,7-16H,2,5-6,17-20H2,(H,27,29)/p+1. The van der Waals surface area contributed by atoms with Crippen molar-refractivity contribution in [3.63, 3.8) is 0 Å². The van der Waals surface area contributed by atoms with Gasteiger partial charge in [-0.25, -0.2) is 0 Å². The quantitative estimate of drug-likeness (QED) is 0.626. The normalized spacial score (nSPS) is 14.3. The minimum atomic E-state index is -0.112. The highest BCUT2D eigenvalue weighted by Gasteiger charge is 2.14. The van der Waals surface area contributed by atoms with Crippen molar-refractivity contribution in [3.05, 3.63) is 95.6 Å². The third-order valence-electron chi connectivity index (χ3n) is 5.59. The maximum atomic E-state index is 12.6. The Morgan fingerprint density at radius 2 is 1.50 bits per heavy atom. The molecule has 0 aliphatic carbocycles. The number of carbonyl (C=O) groups excluding carboxylic acids is 1. The molecule has 30 heavy (non-hydrogen) atoms. The van der Waals surface area contributed by atoms with Gasteiger partial charge in [-0.15, -0.1) is 0 Å². The number of benzene rings is 3. The Hall–Kier alpha value is -3.11. The molecule has 1 aliphatic rings. The van der Waals surface area contributed by atoms with Crippen molar-refractivity contribution < 1.29 is 14.4 Å². The zero-order chi connectivity index (χ0) is 20.6. The fourth-order valence-electron chi connectivity index (χ4n) is 3.87. The van der Waals surface area contributed by atoms with Gasteiger partial charge in [0.15, 0.2) is 0 Å². The van der Waals surface area contributed by atoms with Crippen LogP contribution in [0, 0.1) is 0 Å². The lowest BCUT2D eigenvalue weighted by molar-refractivity contribution is -0.918. The van der Waals surface area contributed by atoms with E-state index in [-0.39, 0.29) is 5.91 Å². The molecule has 0 spiro atoms. The SMILES string of the molecule is O=C(Nc1ccc(C[NH+]2CCCCC2)cc1)c1ccc(OCc2ccccc2)cc1. The van der Waals surface area contributed by atoms with Crippen molar-refractivity contribution in [1.82, 2.24) is 0 Å². The molecule has 0 atom stereocenters. The van der Waals surface area contributed by atoms with Crippen LogP contribution in [0.4, 0.5) is 5.69 Å². The first-order chi connectivity index (χ1) is 14.8. The van der Waals surface area contributed by atoms with Crippen molar-refractivity contribution in [2.24, 2.45) is 0 Å². The van der Waals surface area contributed by atoms with Gasteiger partial charge >= 0.3 is 0 Å². The van der Waals surface area contributed by atoms with E-state index in [0.29, 0.717) is 12.2 Å². The molecule has 3 aromatic carbocycles. The number of hydrogen-bond acceptors (Lipinski definition) is 2. The van der Waals surface area contributed by atoms with Crippen LogP contribution < -0.4 is 15.0 Å². The second kappa shape index (κ2) is 10.1. The summed E-state index contributed by atoms with van der Waals surface area (Å²) in [6.45, 7) is 4.11. The monoisotopic (exact) mass is 401 g/mol. The van der Waals surface area contributed by atoms with Gasteiger partial charge in [0.05, 0.1) is 13.1 Å². The Balaban J connectivity index is 1.28. The molecular formula is C26H29N2O2+. The van der Waals surface area contributed by atoms with Crippen molar-refractivity contribution in [1.29, 1.82) is 0 Å². The molecule has 0 aromatic heterocycles. The summed E-state index contributed by atoms with van der Waals surface area (Å²) in [5.41, 5.74) is 3.88. The lowest BCUT2D eigenvalue weighted by atomic mass is 10.1. The summed E-state index contributed by atoms with van der Waals surface area (Å²) in [7, 11) is 0. The Labute approximate surface area is 178 Å². The number of quaternary nitrogens is 1. The van der Waals surface area contributed by atoms with Crippen LogP contribution in [0.3, 0.4) is 0 Å². The minimum Gasteiger partial charge on any atom is -0.489 e. The van der Waals surface area contributed by atoms with Crippen molar-refractivity contribution in [2.45, 2.75) is 32.4 Å². The summed E-state index contributed by atoms with van der Waals surface area (Å²) in [5.74, 6) is 0.638. The largest absolute Gasteiger partial charge is 0.489 e. The highest BCUT2D eigenvalue weighted by atomic mass is 16.5. The van der Waals surface area contributed by atoms with Gasteiger partial charge in [0, 0.05) is 16.8 Å². The van der Waals surface area contributed by atoms with E-state index in [4.69, 9.17) is 4.74 Å². The van der Waals surface area contributed by atoms with E-state index in [0.717, 1.165) is 23.5 Å². The second-order valence-corrected chi connectivity index (χ2v) is 7.94. The molecule has 1 saturated heterocycles. The molecule has 0 bridgehead atoms. The summed E-state index contributed by atoms with van der Waals surface area (Å²) < 4.78 is 5.79. The number of hydrogen-bond donors (Lipinski definition) is 2. The van der Waals surface area contributed by atoms with E-state index in [2.05, 4.69) is 17.4 Å². The fourth-order valence-corrected chi connectivity index (χ4v) is 3.87. The molecule has 4 heteroatoms. The van der Waals surface area contributed by atoms with Crippen LogP contribution >= 0.6 is 0 Å². The van der Waals surface area contributed by atoms with Gasteiger partial charge in [-0.1, -0.05) is 42.5 Å². The highest BCUT2D eigenvalue weighted by Crippen LogP contribution is 2.16. The number of likely N-dealkylation sites (tertiary alicyclic amines) is 1. The average molecular weight is 402 g/mol. The molecular weight excluding hydrogens is 372 g/mol. The molecule has 1 amide bonds. The zero-order valence-corrected chi connectivity index (χ0v) is 17.3. The van der Waals surface area contributed by atoms with Gasteiger partial charge in [0.2, 0.25) is 0 Å². The van der Waals surface area contributed by atoms with Crippen LogP contribution in [-0.4, -0.2) is 19.0 Å². The smallest absolute Gasteiger partial charge is 0.255 e. The molecule has 0 radical (unpaired) electrons. The minimum absolute atomic E-state index is 0.112. The van der Waals surface area contributed by atoms with Crippen LogP contribution in [0.2, 0.25) is 0 Å². The fraction of sp³-hybridized carbons (Fsp3) is 0.269. The first kappa shape index (κ1) is 20.2. The Kier molecular flexibility index (Phi) is 6.78. The van der Waals surface area contributed by atoms with Crippen LogP contribution in [0.15, 0.2) is 78.9 Å². The number of piperidine rings is 1. The number of amides is 1. The van der Waals surface area contributed by atoms with Crippen LogP contribution in [-0.2, 0) is 13.2 Å². The molecule has 4 rings (SSSR count). The van der Waals surface area contributed by atoms with E-state index < -0.39 is 0 Å². The number of ether oxygens (including phenoxy) is 1. The van der Waals surface area contributed by atoms with Crippen LogP contribution in [0.1, 0.15) is 40.7 Å². The van der Waals surface area contributed by atoms with Gasteiger partial charge in [0.1, 0.15) is 18.9 Å².